The molecule has 0 aromatic carbocycles. The lowest BCUT2D eigenvalue weighted by atomic mass is 10.0. The molecular formula is C15H18N3O4S+. The van der Waals surface area contributed by atoms with E-state index in [1.807, 2.05) is 4.57 Å². The van der Waals surface area contributed by atoms with Crippen LogP contribution in [0.1, 0.15) is 18.6 Å². The van der Waals surface area contributed by atoms with Crippen molar-refractivity contribution in [2.75, 3.05) is 5.75 Å². The van der Waals surface area contributed by atoms with Gasteiger partial charge in [0.15, 0.2) is 18.9 Å². The fourth-order valence-electron chi connectivity index (χ4n) is 2.77. The smallest absolute Gasteiger partial charge is 0.352 e. The third-order valence-corrected chi connectivity index (χ3v) is 5.42. The number of aliphatic hydroxyl groups is 1. The topological polar surface area (TPSA) is 108 Å². The molecule has 0 saturated carbocycles. The number of aliphatic hydroxyl groups excluding tert-OH is 1. The number of carboxylic acid groups (broad SMARTS) is 1. The van der Waals surface area contributed by atoms with Crippen LogP contribution in [0.5, 0.6) is 0 Å². The monoisotopic (exact) mass is 336 g/mol. The van der Waals surface area contributed by atoms with Crippen molar-refractivity contribution in [2.45, 2.75) is 31.0 Å². The molecule has 3 unspecified atom stereocenters. The van der Waals surface area contributed by atoms with Gasteiger partial charge in [-0.15, -0.1) is 11.8 Å². The first-order valence-corrected chi connectivity index (χ1v) is 8.27. The van der Waals surface area contributed by atoms with Crippen LogP contribution in [0.2, 0.25) is 0 Å². The van der Waals surface area contributed by atoms with Crippen LogP contribution in [-0.4, -0.2) is 44.2 Å². The molecule has 1 aromatic rings. The van der Waals surface area contributed by atoms with Gasteiger partial charge in [-0.3, -0.25) is 9.69 Å². The van der Waals surface area contributed by atoms with Crippen LogP contribution in [0.4, 0.5) is 0 Å². The standard InChI is InChI=1S/C15H17N3O4S/c1-8(19)9-2-4-17(5-3-9)6-10-7-23-14-11(16)13(20)18(14)12(10)15(21)22/h2-5,8,11,14,19H,6-7,16H2,1H3/p+1. The summed E-state index contributed by atoms with van der Waals surface area (Å²) in [5.41, 5.74) is 7.24. The normalized spacial score (nSPS) is 25.0. The quantitative estimate of drug-likeness (QED) is 0.510. The van der Waals surface area contributed by atoms with Gasteiger partial charge in [0.1, 0.15) is 17.1 Å². The molecule has 4 N–H and O–H groups in total. The molecule has 1 saturated heterocycles. The Morgan fingerprint density at radius 2 is 2.17 bits per heavy atom. The van der Waals surface area contributed by atoms with Crippen molar-refractivity contribution >= 4 is 23.6 Å². The summed E-state index contributed by atoms with van der Waals surface area (Å²) >= 11 is 1.49. The predicted molar refractivity (Wildman–Crippen MR) is 83.0 cm³/mol. The lowest BCUT2D eigenvalue weighted by Crippen LogP contribution is -2.68. The zero-order chi connectivity index (χ0) is 16.7. The van der Waals surface area contributed by atoms with Crippen LogP contribution in [0, 0.1) is 0 Å². The van der Waals surface area contributed by atoms with Crippen molar-refractivity contribution in [3.05, 3.63) is 41.4 Å². The van der Waals surface area contributed by atoms with Crippen LogP contribution < -0.4 is 10.3 Å². The van der Waals surface area contributed by atoms with Crippen molar-refractivity contribution in [2.24, 2.45) is 5.73 Å². The number of nitrogens with zero attached hydrogens (tertiary/aromatic N) is 2. The lowest BCUT2D eigenvalue weighted by molar-refractivity contribution is -0.689. The van der Waals surface area contributed by atoms with Crippen molar-refractivity contribution in [3.63, 3.8) is 0 Å². The molecule has 0 bridgehead atoms. The number of rotatable bonds is 4. The molecule has 1 aromatic heterocycles. The summed E-state index contributed by atoms with van der Waals surface area (Å²) in [5.74, 6) is -0.923. The summed E-state index contributed by atoms with van der Waals surface area (Å²) in [4.78, 5) is 24.8. The fourth-order valence-corrected chi connectivity index (χ4v) is 4.06. The van der Waals surface area contributed by atoms with Crippen molar-refractivity contribution in [3.8, 4) is 0 Å². The zero-order valence-corrected chi connectivity index (χ0v) is 13.4. The number of aromatic nitrogens is 1. The van der Waals surface area contributed by atoms with E-state index < -0.39 is 18.1 Å². The van der Waals surface area contributed by atoms with E-state index in [9.17, 15) is 19.8 Å². The number of carbonyl (C=O) groups is 2. The SMILES string of the molecule is CC(O)c1cc[n+](CC2=C(C(=O)O)N3C(=O)C(N)C3SC2)cc1. The van der Waals surface area contributed by atoms with Gasteiger partial charge >= 0.3 is 5.97 Å². The molecular weight excluding hydrogens is 318 g/mol. The largest absolute Gasteiger partial charge is 0.477 e. The van der Waals surface area contributed by atoms with E-state index >= 15 is 0 Å². The second-order valence-corrected chi connectivity index (χ2v) is 6.78. The molecule has 3 rings (SSSR count). The van der Waals surface area contributed by atoms with Crippen molar-refractivity contribution < 1.29 is 24.4 Å². The number of fused-ring (bicyclic) bond motifs is 1. The highest BCUT2D eigenvalue weighted by Gasteiger charge is 2.52. The summed E-state index contributed by atoms with van der Waals surface area (Å²) in [5, 5.41) is 18.7. The Labute approximate surface area is 137 Å². The number of thioether (sulfide) groups is 1. The van der Waals surface area contributed by atoms with Crippen molar-refractivity contribution in [1.29, 1.82) is 0 Å². The zero-order valence-electron chi connectivity index (χ0n) is 12.5. The third-order valence-electron chi connectivity index (χ3n) is 4.06. The fraction of sp³-hybridized carbons (Fsp3) is 0.400. The van der Waals surface area contributed by atoms with Gasteiger partial charge in [0, 0.05) is 23.5 Å². The molecule has 1 amide bonds. The van der Waals surface area contributed by atoms with E-state index in [1.165, 1.54) is 16.7 Å². The highest BCUT2D eigenvalue weighted by molar-refractivity contribution is 8.00. The first kappa shape index (κ1) is 16.0. The number of amides is 1. The number of hydrogen-bond acceptors (Lipinski definition) is 5. The number of β-lactam (4-membered cyclic amide) rings is 1. The Morgan fingerprint density at radius 3 is 2.74 bits per heavy atom. The molecule has 8 heteroatoms. The molecule has 2 aliphatic rings. The molecule has 3 heterocycles. The average Bonchev–Trinajstić information content (AvgIpc) is 2.53. The van der Waals surface area contributed by atoms with Crippen LogP contribution in [0.3, 0.4) is 0 Å². The second kappa shape index (κ2) is 5.95. The van der Waals surface area contributed by atoms with Gasteiger partial charge in [-0.2, -0.15) is 0 Å². The van der Waals surface area contributed by atoms with Gasteiger partial charge < -0.3 is 15.9 Å². The van der Waals surface area contributed by atoms with Crippen LogP contribution >= 0.6 is 11.8 Å². The molecule has 3 atom stereocenters. The number of carboxylic acids is 1. The Bertz CT molecular complexity index is 686. The molecule has 0 spiro atoms. The van der Waals surface area contributed by atoms with Gasteiger partial charge in [-0.05, 0) is 12.5 Å². The Morgan fingerprint density at radius 1 is 1.52 bits per heavy atom. The Kier molecular flexibility index (Phi) is 4.13. The lowest BCUT2D eigenvalue weighted by Gasteiger charge is -2.47. The number of carbonyl (C=O) groups excluding carboxylic acids is 1. The van der Waals surface area contributed by atoms with E-state index in [-0.39, 0.29) is 17.0 Å². The van der Waals surface area contributed by atoms with Gasteiger partial charge in [0.05, 0.1) is 6.10 Å². The van der Waals surface area contributed by atoms with E-state index in [0.29, 0.717) is 17.9 Å². The maximum Gasteiger partial charge on any atom is 0.352 e. The Hall–Kier alpha value is -1.90. The minimum Gasteiger partial charge on any atom is -0.477 e. The summed E-state index contributed by atoms with van der Waals surface area (Å²) < 4.78 is 1.83. The molecule has 2 aliphatic heterocycles. The predicted octanol–water partition coefficient (Wildman–Crippen LogP) is -0.391. The molecule has 7 nitrogen and oxygen atoms in total. The highest BCUT2D eigenvalue weighted by Crippen LogP contribution is 2.39. The highest BCUT2D eigenvalue weighted by atomic mass is 32.2. The summed E-state index contributed by atoms with van der Waals surface area (Å²) in [6.07, 6.45) is 3.02. The van der Waals surface area contributed by atoms with Gasteiger partial charge in [0.25, 0.3) is 0 Å². The first-order valence-electron chi connectivity index (χ1n) is 7.22. The number of aliphatic carboxylic acids is 1. The molecule has 0 aliphatic carbocycles. The van der Waals surface area contributed by atoms with Crippen LogP contribution in [-0.2, 0) is 16.1 Å². The maximum absolute atomic E-state index is 11.9. The number of pyridine rings is 1. The summed E-state index contributed by atoms with van der Waals surface area (Å²) in [6, 6.07) is 2.96. The summed E-state index contributed by atoms with van der Waals surface area (Å²) in [6.45, 7) is 2.06. The number of hydrogen-bond donors (Lipinski definition) is 3. The first-order chi connectivity index (χ1) is 10.9. The van der Waals surface area contributed by atoms with Crippen molar-refractivity contribution in [1.82, 2.24) is 4.90 Å². The summed E-state index contributed by atoms with van der Waals surface area (Å²) in [7, 11) is 0. The number of nitrogens with two attached hydrogens (primary N) is 1. The van der Waals surface area contributed by atoms with Crippen LogP contribution in [0.15, 0.2) is 35.8 Å². The van der Waals surface area contributed by atoms with E-state index in [4.69, 9.17) is 5.73 Å². The minimum absolute atomic E-state index is 0.0487. The average molecular weight is 336 g/mol. The van der Waals surface area contributed by atoms with E-state index in [0.717, 1.165) is 5.56 Å². The molecule has 1 fully saturated rings. The minimum atomic E-state index is -1.10. The van der Waals surface area contributed by atoms with Crippen LogP contribution in [0.25, 0.3) is 0 Å². The molecule has 23 heavy (non-hydrogen) atoms. The third kappa shape index (κ3) is 2.73. The van der Waals surface area contributed by atoms with E-state index in [1.54, 1.807) is 31.5 Å². The molecule has 0 radical (unpaired) electrons. The second-order valence-electron chi connectivity index (χ2n) is 5.67. The van der Waals surface area contributed by atoms with Gasteiger partial charge in [-0.1, -0.05) is 0 Å². The molecule has 122 valence electrons. The van der Waals surface area contributed by atoms with Gasteiger partial charge in [0.2, 0.25) is 5.91 Å². The Balaban J connectivity index is 1.87. The maximum atomic E-state index is 11.9. The van der Waals surface area contributed by atoms with Gasteiger partial charge in [-0.25, -0.2) is 9.36 Å². The van der Waals surface area contributed by atoms with E-state index in [2.05, 4.69) is 0 Å².